The van der Waals surface area contributed by atoms with Crippen LogP contribution in [-0.2, 0) is 6.18 Å². The molecular weight excluding hydrogens is 253 g/mol. The van der Waals surface area contributed by atoms with Crippen molar-refractivity contribution in [2.75, 3.05) is 11.1 Å². The largest absolute Gasteiger partial charge is 0.416 e. The van der Waals surface area contributed by atoms with Gasteiger partial charge in [0.05, 0.1) is 16.9 Å². The molecular formula is C14H19F3N2. The van der Waals surface area contributed by atoms with Crippen molar-refractivity contribution in [3.05, 3.63) is 23.8 Å². The van der Waals surface area contributed by atoms with Gasteiger partial charge >= 0.3 is 6.18 Å². The number of hydrogen-bond acceptors (Lipinski definition) is 2. The van der Waals surface area contributed by atoms with Crippen LogP contribution in [0, 0.1) is 5.92 Å². The maximum absolute atomic E-state index is 12.5. The number of hydrogen-bond donors (Lipinski definition) is 2. The van der Waals surface area contributed by atoms with E-state index < -0.39 is 11.7 Å². The summed E-state index contributed by atoms with van der Waals surface area (Å²) in [6, 6.07) is 3.80. The Labute approximate surface area is 111 Å². The minimum atomic E-state index is -4.34. The van der Waals surface area contributed by atoms with Crippen LogP contribution in [0.2, 0.25) is 0 Å². The van der Waals surface area contributed by atoms with Gasteiger partial charge in [-0.25, -0.2) is 0 Å². The number of nitrogen functional groups attached to an aromatic ring is 1. The van der Waals surface area contributed by atoms with Gasteiger partial charge in [0.25, 0.3) is 0 Å². The molecule has 1 aliphatic rings. The summed E-state index contributed by atoms with van der Waals surface area (Å²) in [5.74, 6) is 0.524. The molecule has 1 fully saturated rings. The molecule has 19 heavy (non-hydrogen) atoms. The van der Waals surface area contributed by atoms with Gasteiger partial charge in [0.15, 0.2) is 0 Å². The van der Waals surface area contributed by atoms with E-state index in [-0.39, 0.29) is 5.69 Å². The van der Waals surface area contributed by atoms with Crippen molar-refractivity contribution in [3.8, 4) is 0 Å². The summed E-state index contributed by atoms with van der Waals surface area (Å²) in [6.45, 7) is 2.16. The van der Waals surface area contributed by atoms with E-state index in [2.05, 4.69) is 12.2 Å². The zero-order valence-corrected chi connectivity index (χ0v) is 10.9. The molecule has 0 aliphatic heterocycles. The monoisotopic (exact) mass is 272 g/mol. The number of rotatable bonds is 2. The van der Waals surface area contributed by atoms with Crippen LogP contribution in [-0.4, -0.2) is 6.04 Å². The lowest BCUT2D eigenvalue weighted by atomic mass is 9.86. The van der Waals surface area contributed by atoms with E-state index in [1.165, 1.54) is 12.5 Å². The number of anilines is 2. The first-order valence-corrected chi connectivity index (χ1v) is 6.61. The smallest absolute Gasteiger partial charge is 0.397 e. The standard InChI is InChI=1S/C14H19F3N2/c1-9-4-2-3-5-12(9)19-13-7-6-10(8-11(13)18)14(15,16)17/h6-9,12,19H,2-5,18H2,1H3/t9-,12-/m0/s1. The van der Waals surface area contributed by atoms with Crippen molar-refractivity contribution < 1.29 is 13.2 Å². The Balaban J connectivity index is 2.13. The number of alkyl halides is 3. The zero-order valence-electron chi connectivity index (χ0n) is 10.9. The van der Waals surface area contributed by atoms with Crippen LogP contribution in [0.4, 0.5) is 24.5 Å². The molecule has 0 heterocycles. The highest BCUT2D eigenvalue weighted by Crippen LogP contribution is 2.34. The van der Waals surface area contributed by atoms with E-state index in [9.17, 15) is 13.2 Å². The van der Waals surface area contributed by atoms with Gasteiger partial charge < -0.3 is 11.1 Å². The molecule has 0 amide bonds. The van der Waals surface area contributed by atoms with E-state index in [1.54, 1.807) is 0 Å². The van der Waals surface area contributed by atoms with Crippen LogP contribution < -0.4 is 11.1 Å². The summed E-state index contributed by atoms with van der Waals surface area (Å²) < 4.78 is 37.6. The molecule has 0 radical (unpaired) electrons. The Morgan fingerprint density at radius 1 is 1.21 bits per heavy atom. The van der Waals surface area contributed by atoms with Crippen molar-refractivity contribution in [1.29, 1.82) is 0 Å². The highest BCUT2D eigenvalue weighted by Gasteiger charge is 2.31. The first-order chi connectivity index (χ1) is 8.88. The molecule has 0 unspecified atom stereocenters. The van der Waals surface area contributed by atoms with Crippen molar-refractivity contribution in [2.45, 2.75) is 44.8 Å². The highest BCUT2D eigenvalue weighted by molar-refractivity contribution is 5.67. The topological polar surface area (TPSA) is 38.0 Å². The van der Waals surface area contributed by atoms with Crippen LogP contribution in [0.5, 0.6) is 0 Å². The highest BCUT2D eigenvalue weighted by atomic mass is 19.4. The molecule has 2 rings (SSSR count). The SMILES string of the molecule is C[C@H]1CCCC[C@@H]1Nc1ccc(C(F)(F)F)cc1N. The Bertz CT molecular complexity index is 443. The average molecular weight is 272 g/mol. The fraction of sp³-hybridized carbons (Fsp3) is 0.571. The third-order valence-corrected chi connectivity index (χ3v) is 3.83. The van der Waals surface area contributed by atoms with Gasteiger partial charge in [0, 0.05) is 6.04 Å². The van der Waals surface area contributed by atoms with Gasteiger partial charge in [0.2, 0.25) is 0 Å². The second-order valence-corrected chi connectivity index (χ2v) is 5.31. The molecule has 1 aliphatic carbocycles. The van der Waals surface area contributed by atoms with Gasteiger partial charge in [-0.3, -0.25) is 0 Å². The number of benzene rings is 1. The lowest BCUT2D eigenvalue weighted by Gasteiger charge is -2.30. The van der Waals surface area contributed by atoms with Gasteiger partial charge in [-0.05, 0) is 37.0 Å². The van der Waals surface area contributed by atoms with Crippen LogP contribution in [0.15, 0.2) is 18.2 Å². The fourth-order valence-corrected chi connectivity index (χ4v) is 2.60. The molecule has 0 saturated heterocycles. The minimum absolute atomic E-state index is 0.160. The van der Waals surface area contributed by atoms with Crippen molar-refractivity contribution in [3.63, 3.8) is 0 Å². The molecule has 1 aromatic rings. The van der Waals surface area contributed by atoms with Gasteiger partial charge in [0.1, 0.15) is 0 Å². The maximum atomic E-state index is 12.5. The molecule has 1 aromatic carbocycles. The van der Waals surface area contributed by atoms with Crippen molar-refractivity contribution in [1.82, 2.24) is 0 Å². The summed E-state index contributed by atoms with van der Waals surface area (Å²) in [5, 5.41) is 3.29. The van der Waals surface area contributed by atoms with E-state index in [4.69, 9.17) is 5.73 Å². The van der Waals surface area contributed by atoms with Gasteiger partial charge in [-0.1, -0.05) is 19.8 Å². The lowest BCUT2D eigenvalue weighted by Crippen LogP contribution is -2.30. The van der Waals surface area contributed by atoms with Crippen LogP contribution >= 0.6 is 0 Å². The summed E-state index contributed by atoms with van der Waals surface area (Å²) in [5.41, 5.74) is 5.78. The number of halogens is 3. The maximum Gasteiger partial charge on any atom is 0.416 e. The second-order valence-electron chi connectivity index (χ2n) is 5.31. The van der Waals surface area contributed by atoms with E-state index in [0.29, 0.717) is 17.6 Å². The van der Waals surface area contributed by atoms with Gasteiger partial charge in [-0.2, -0.15) is 13.2 Å². The van der Waals surface area contributed by atoms with Crippen molar-refractivity contribution >= 4 is 11.4 Å². The van der Waals surface area contributed by atoms with Crippen LogP contribution in [0.1, 0.15) is 38.2 Å². The Morgan fingerprint density at radius 3 is 2.47 bits per heavy atom. The normalized spacial score (nSPS) is 24.2. The lowest BCUT2D eigenvalue weighted by molar-refractivity contribution is -0.137. The second kappa shape index (κ2) is 5.31. The van der Waals surface area contributed by atoms with Crippen LogP contribution in [0.25, 0.3) is 0 Å². The average Bonchev–Trinajstić information content (AvgIpc) is 2.33. The molecule has 0 spiro atoms. The summed E-state index contributed by atoms with van der Waals surface area (Å²) in [6.07, 6.45) is 0.231. The predicted molar refractivity (Wildman–Crippen MR) is 70.9 cm³/mol. The molecule has 2 nitrogen and oxygen atoms in total. The third-order valence-electron chi connectivity index (χ3n) is 3.83. The van der Waals surface area contributed by atoms with E-state index in [0.717, 1.165) is 31.4 Å². The Kier molecular flexibility index (Phi) is 3.92. The minimum Gasteiger partial charge on any atom is -0.397 e. The summed E-state index contributed by atoms with van der Waals surface area (Å²) >= 11 is 0. The molecule has 2 atom stereocenters. The van der Waals surface area contributed by atoms with E-state index in [1.807, 2.05) is 0 Å². The summed E-state index contributed by atoms with van der Waals surface area (Å²) in [4.78, 5) is 0. The fourth-order valence-electron chi connectivity index (χ4n) is 2.60. The molecule has 5 heteroatoms. The summed E-state index contributed by atoms with van der Waals surface area (Å²) in [7, 11) is 0. The Hall–Kier alpha value is -1.39. The zero-order chi connectivity index (χ0) is 14.0. The quantitative estimate of drug-likeness (QED) is 0.789. The first-order valence-electron chi connectivity index (χ1n) is 6.61. The molecule has 1 saturated carbocycles. The molecule has 0 aromatic heterocycles. The van der Waals surface area contributed by atoms with Crippen LogP contribution in [0.3, 0.4) is 0 Å². The molecule has 0 bridgehead atoms. The predicted octanol–water partition coefficient (Wildman–Crippen LogP) is 4.28. The molecule has 3 N–H and O–H groups in total. The van der Waals surface area contributed by atoms with Crippen molar-refractivity contribution in [2.24, 2.45) is 5.92 Å². The van der Waals surface area contributed by atoms with E-state index >= 15 is 0 Å². The number of nitrogens with one attached hydrogen (secondary N) is 1. The van der Waals surface area contributed by atoms with Gasteiger partial charge in [-0.15, -0.1) is 0 Å². The first kappa shape index (κ1) is 14.0. The Morgan fingerprint density at radius 2 is 1.89 bits per heavy atom. The number of nitrogens with two attached hydrogens (primary N) is 1. The third kappa shape index (κ3) is 3.33. The molecule has 106 valence electrons.